The number of benzene rings is 1. The van der Waals surface area contributed by atoms with Crippen LogP contribution in [0.5, 0.6) is 0 Å². The monoisotopic (exact) mass is 318 g/mol. The zero-order valence-electron chi connectivity index (χ0n) is 12.3. The maximum absolute atomic E-state index is 12.0. The largest absolute Gasteiger partial charge is 0.355 e. The number of nitrogens with one attached hydrogen (secondary N) is 1. The van der Waals surface area contributed by atoms with Gasteiger partial charge >= 0.3 is 0 Å². The molecule has 1 fully saturated rings. The van der Waals surface area contributed by atoms with E-state index in [0.29, 0.717) is 13.0 Å². The minimum absolute atomic E-state index is 0.0975. The Balaban J connectivity index is 1.43. The van der Waals surface area contributed by atoms with E-state index in [-0.39, 0.29) is 11.3 Å². The van der Waals surface area contributed by atoms with Crippen molar-refractivity contribution in [2.45, 2.75) is 37.6 Å². The molecule has 1 saturated carbocycles. The normalized spacial score (nSPS) is 15.5. The summed E-state index contributed by atoms with van der Waals surface area (Å²) in [6.07, 6.45) is 6.68. The predicted octanol–water partition coefficient (Wildman–Crippen LogP) is 2.56. The van der Waals surface area contributed by atoms with E-state index in [1.165, 1.54) is 11.9 Å². The first-order valence-corrected chi connectivity index (χ1v) is 7.91. The molecule has 2 aromatic rings. The van der Waals surface area contributed by atoms with Crippen LogP contribution in [0.1, 0.15) is 31.2 Å². The van der Waals surface area contributed by atoms with Gasteiger partial charge in [-0.1, -0.05) is 23.7 Å². The number of carbonyl (C=O) groups is 1. The van der Waals surface area contributed by atoms with Crippen molar-refractivity contribution in [3.05, 3.63) is 47.5 Å². The summed E-state index contributed by atoms with van der Waals surface area (Å²) in [5.74, 6) is 0.0975. The van der Waals surface area contributed by atoms with Crippen LogP contribution in [0.3, 0.4) is 0 Å². The summed E-state index contributed by atoms with van der Waals surface area (Å²) in [6.45, 7) is 1.42. The molecule has 1 amide bonds. The first-order chi connectivity index (χ1) is 10.7. The summed E-state index contributed by atoms with van der Waals surface area (Å²) in [5.41, 5.74) is 1.38. The summed E-state index contributed by atoms with van der Waals surface area (Å²) in [5, 5.41) is 7.83. The average Bonchev–Trinajstić information content (AvgIpc) is 3.13. The Kier molecular flexibility index (Phi) is 4.43. The smallest absolute Gasteiger partial charge is 0.220 e. The third-order valence-electron chi connectivity index (χ3n) is 4.19. The molecule has 22 heavy (non-hydrogen) atoms. The maximum Gasteiger partial charge on any atom is 0.220 e. The Morgan fingerprint density at radius 3 is 2.73 bits per heavy atom. The molecule has 0 radical (unpaired) electrons. The molecule has 0 spiro atoms. The minimum atomic E-state index is 0.0975. The quantitative estimate of drug-likeness (QED) is 0.853. The number of amides is 1. The maximum atomic E-state index is 12.0. The lowest BCUT2D eigenvalue weighted by atomic mass is 9.96. The highest BCUT2D eigenvalue weighted by molar-refractivity contribution is 6.30. The average molecular weight is 319 g/mol. The van der Waals surface area contributed by atoms with Crippen molar-refractivity contribution in [3.8, 4) is 0 Å². The van der Waals surface area contributed by atoms with E-state index in [0.717, 1.165) is 30.8 Å². The molecule has 1 aromatic heterocycles. The molecular weight excluding hydrogens is 300 g/mol. The lowest BCUT2D eigenvalue weighted by Crippen LogP contribution is -2.32. The molecule has 1 heterocycles. The number of aromatic nitrogens is 3. The number of aryl methyl sites for hydroxylation is 1. The lowest BCUT2D eigenvalue weighted by molar-refractivity contribution is -0.121. The van der Waals surface area contributed by atoms with Crippen molar-refractivity contribution in [2.24, 2.45) is 0 Å². The Bertz CT molecular complexity index is 620. The minimum Gasteiger partial charge on any atom is -0.355 e. The molecule has 116 valence electrons. The third-order valence-corrected chi connectivity index (χ3v) is 4.44. The first-order valence-electron chi connectivity index (χ1n) is 7.53. The Morgan fingerprint density at radius 1 is 1.32 bits per heavy atom. The molecule has 0 unspecified atom stereocenters. The molecule has 6 heteroatoms. The fourth-order valence-electron chi connectivity index (χ4n) is 2.63. The molecule has 1 aliphatic carbocycles. The van der Waals surface area contributed by atoms with Gasteiger partial charge in [-0.15, -0.1) is 0 Å². The van der Waals surface area contributed by atoms with Crippen LogP contribution < -0.4 is 5.32 Å². The van der Waals surface area contributed by atoms with Gasteiger partial charge in [0.25, 0.3) is 0 Å². The molecule has 3 rings (SSSR count). The van der Waals surface area contributed by atoms with Crippen LogP contribution in [-0.4, -0.2) is 27.2 Å². The van der Waals surface area contributed by atoms with E-state index >= 15 is 0 Å². The van der Waals surface area contributed by atoms with Crippen molar-refractivity contribution in [3.63, 3.8) is 0 Å². The van der Waals surface area contributed by atoms with Gasteiger partial charge in [0, 0.05) is 29.9 Å². The topological polar surface area (TPSA) is 59.8 Å². The van der Waals surface area contributed by atoms with Crippen LogP contribution in [0.25, 0.3) is 0 Å². The van der Waals surface area contributed by atoms with Gasteiger partial charge in [0.05, 0.1) is 0 Å². The second kappa shape index (κ2) is 6.48. The van der Waals surface area contributed by atoms with Crippen molar-refractivity contribution in [1.29, 1.82) is 0 Å². The Labute approximate surface area is 134 Å². The van der Waals surface area contributed by atoms with Gasteiger partial charge in [-0.3, -0.25) is 9.48 Å². The number of hydrogen-bond donors (Lipinski definition) is 1. The van der Waals surface area contributed by atoms with Gasteiger partial charge in [0.15, 0.2) is 0 Å². The molecule has 1 N–H and O–H groups in total. The van der Waals surface area contributed by atoms with Gasteiger partial charge in [-0.2, -0.15) is 5.10 Å². The van der Waals surface area contributed by atoms with E-state index < -0.39 is 0 Å². The van der Waals surface area contributed by atoms with Crippen molar-refractivity contribution in [1.82, 2.24) is 20.1 Å². The van der Waals surface area contributed by atoms with Gasteiger partial charge in [0.1, 0.15) is 12.7 Å². The van der Waals surface area contributed by atoms with E-state index in [2.05, 4.69) is 27.5 Å². The number of nitrogens with zero attached hydrogens (tertiary/aromatic N) is 3. The highest BCUT2D eigenvalue weighted by Gasteiger charge is 2.44. The third kappa shape index (κ3) is 3.65. The number of hydrogen-bond acceptors (Lipinski definition) is 3. The standard InChI is InChI=1S/C16H19ClN4O/c17-14-5-3-13(4-6-14)16(7-8-16)10-19-15(22)2-1-9-21-12-18-11-20-21/h3-6,11-12H,1-2,7-10H2,(H,19,22). The molecule has 1 aliphatic rings. The summed E-state index contributed by atoms with van der Waals surface area (Å²) in [4.78, 5) is 15.8. The van der Waals surface area contributed by atoms with Gasteiger partial charge in [-0.25, -0.2) is 4.98 Å². The van der Waals surface area contributed by atoms with Gasteiger partial charge < -0.3 is 5.32 Å². The predicted molar refractivity (Wildman–Crippen MR) is 84.6 cm³/mol. The van der Waals surface area contributed by atoms with Crippen molar-refractivity contribution < 1.29 is 4.79 Å². The molecule has 1 aromatic carbocycles. The lowest BCUT2D eigenvalue weighted by Gasteiger charge is -2.16. The molecule has 0 aliphatic heterocycles. The van der Waals surface area contributed by atoms with Crippen LogP contribution in [0.2, 0.25) is 5.02 Å². The molecule has 0 atom stereocenters. The Hall–Kier alpha value is -1.88. The van der Waals surface area contributed by atoms with Crippen molar-refractivity contribution in [2.75, 3.05) is 6.54 Å². The van der Waals surface area contributed by atoms with Gasteiger partial charge in [-0.05, 0) is 37.0 Å². The Morgan fingerprint density at radius 2 is 2.09 bits per heavy atom. The highest BCUT2D eigenvalue weighted by atomic mass is 35.5. The van der Waals surface area contributed by atoms with E-state index in [4.69, 9.17) is 11.6 Å². The second-order valence-corrected chi connectivity index (χ2v) is 6.26. The first kappa shape index (κ1) is 15.0. The van der Waals surface area contributed by atoms with E-state index in [1.54, 1.807) is 11.0 Å². The zero-order valence-corrected chi connectivity index (χ0v) is 13.1. The summed E-state index contributed by atoms with van der Waals surface area (Å²) >= 11 is 5.93. The fourth-order valence-corrected chi connectivity index (χ4v) is 2.75. The summed E-state index contributed by atoms with van der Waals surface area (Å²) < 4.78 is 1.74. The van der Waals surface area contributed by atoms with Crippen LogP contribution in [0, 0.1) is 0 Å². The number of halogens is 1. The molecule has 5 nitrogen and oxygen atoms in total. The fraction of sp³-hybridized carbons (Fsp3) is 0.438. The number of rotatable bonds is 7. The summed E-state index contributed by atoms with van der Waals surface area (Å²) in [6, 6.07) is 7.95. The van der Waals surface area contributed by atoms with Gasteiger partial charge in [0.2, 0.25) is 5.91 Å². The zero-order chi connectivity index (χ0) is 15.4. The van der Waals surface area contributed by atoms with Crippen LogP contribution >= 0.6 is 11.6 Å². The van der Waals surface area contributed by atoms with Crippen LogP contribution in [0.15, 0.2) is 36.9 Å². The van der Waals surface area contributed by atoms with Crippen LogP contribution in [-0.2, 0) is 16.8 Å². The SMILES string of the molecule is O=C(CCCn1cncn1)NCC1(c2ccc(Cl)cc2)CC1. The van der Waals surface area contributed by atoms with Crippen LogP contribution in [0.4, 0.5) is 0 Å². The second-order valence-electron chi connectivity index (χ2n) is 5.83. The van der Waals surface area contributed by atoms with Crippen molar-refractivity contribution >= 4 is 17.5 Å². The molecule has 0 bridgehead atoms. The van der Waals surface area contributed by atoms with E-state index in [9.17, 15) is 4.79 Å². The molecule has 0 saturated heterocycles. The molecular formula is C16H19ClN4O. The number of carbonyl (C=O) groups excluding carboxylic acids is 1. The summed E-state index contributed by atoms with van der Waals surface area (Å²) in [7, 11) is 0. The van der Waals surface area contributed by atoms with E-state index in [1.807, 2.05) is 12.1 Å². The highest BCUT2D eigenvalue weighted by Crippen LogP contribution is 2.47.